The molecule has 80 valence electrons. The van der Waals surface area contributed by atoms with Gasteiger partial charge in [0.25, 0.3) is 0 Å². The smallest absolute Gasteiger partial charge is 0.153 e. The van der Waals surface area contributed by atoms with Crippen LogP contribution in [0.2, 0.25) is 0 Å². The van der Waals surface area contributed by atoms with Crippen LogP contribution in [0, 0.1) is 0 Å². The van der Waals surface area contributed by atoms with Gasteiger partial charge in [-0.3, -0.25) is 0 Å². The Morgan fingerprint density at radius 2 is 1.69 bits per heavy atom. The Morgan fingerprint density at radius 3 is 2.00 bits per heavy atom. The van der Waals surface area contributed by atoms with Crippen LogP contribution < -0.4 is 5.73 Å². The summed E-state index contributed by atoms with van der Waals surface area (Å²) >= 11 is 0. The third kappa shape index (κ3) is 4.62. The fourth-order valence-corrected chi connectivity index (χ4v) is 3.36. The van der Waals surface area contributed by atoms with Gasteiger partial charge in [0, 0.05) is 6.04 Å². The van der Waals surface area contributed by atoms with Gasteiger partial charge in [-0.25, -0.2) is 8.42 Å². The maximum Gasteiger partial charge on any atom is 0.153 e. The van der Waals surface area contributed by atoms with E-state index in [1.165, 1.54) is 0 Å². The molecule has 1 unspecified atom stereocenters. The van der Waals surface area contributed by atoms with E-state index in [2.05, 4.69) is 0 Å². The summed E-state index contributed by atoms with van der Waals surface area (Å²) in [6, 6.07) is -0.0239. The first-order valence-corrected chi connectivity index (χ1v) is 6.62. The Bertz CT molecular complexity index is 218. The van der Waals surface area contributed by atoms with Crippen molar-refractivity contribution in [1.82, 2.24) is 0 Å². The number of sulfone groups is 1. The van der Waals surface area contributed by atoms with Gasteiger partial charge < -0.3 is 5.73 Å². The molecule has 0 radical (unpaired) electrons. The molecule has 0 aromatic heterocycles. The number of hydrogen-bond acceptors (Lipinski definition) is 3. The van der Waals surface area contributed by atoms with Gasteiger partial charge in [-0.15, -0.1) is 0 Å². The predicted molar refractivity (Wildman–Crippen MR) is 56.4 cm³/mol. The molecule has 0 bridgehead atoms. The number of rotatable bonds is 6. The summed E-state index contributed by atoms with van der Waals surface area (Å²) in [5.41, 5.74) is 5.52. The van der Waals surface area contributed by atoms with E-state index in [0.29, 0.717) is 19.3 Å². The minimum Gasteiger partial charge on any atom is -0.328 e. The van der Waals surface area contributed by atoms with Gasteiger partial charge in [-0.05, 0) is 26.2 Å². The minimum atomic E-state index is -2.90. The summed E-state index contributed by atoms with van der Waals surface area (Å²) in [6.45, 7) is 5.66. The molecule has 0 saturated carbocycles. The minimum absolute atomic E-state index is 0.0239. The Hall–Kier alpha value is -0.0900. The molecule has 2 N–H and O–H groups in total. The molecule has 13 heavy (non-hydrogen) atoms. The Kier molecular flexibility index (Phi) is 5.56. The first kappa shape index (κ1) is 12.9. The monoisotopic (exact) mass is 207 g/mol. The van der Waals surface area contributed by atoms with Crippen LogP contribution in [0.15, 0.2) is 0 Å². The van der Waals surface area contributed by atoms with Crippen molar-refractivity contribution in [1.29, 1.82) is 0 Å². The van der Waals surface area contributed by atoms with E-state index in [9.17, 15) is 8.42 Å². The highest BCUT2D eigenvalue weighted by atomic mass is 32.2. The van der Waals surface area contributed by atoms with Crippen molar-refractivity contribution < 1.29 is 8.42 Å². The van der Waals surface area contributed by atoms with Crippen LogP contribution >= 0.6 is 0 Å². The Balaban J connectivity index is 4.22. The SMILES string of the molecule is CCC(CC)S(=O)(=O)CCC(C)N. The molecule has 0 heterocycles. The topological polar surface area (TPSA) is 60.2 Å². The van der Waals surface area contributed by atoms with E-state index in [1.54, 1.807) is 0 Å². The zero-order valence-corrected chi connectivity index (χ0v) is 9.60. The fourth-order valence-electron chi connectivity index (χ4n) is 1.31. The highest BCUT2D eigenvalue weighted by molar-refractivity contribution is 7.92. The predicted octanol–water partition coefficient (Wildman–Crippen LogP) is 1.33. The standard InChI is InChI=1S/C9H21NO2S/c1-4-9(5-2)13(11,12)7-6-8(3)10/h8-9H,4-7,10H2,1-3H3. The van der Waals surface area contributed by atoms with Gasteiger partial charge in [0.1, 0.15) is 0 Å². The molecule has 1 atom stereocenters. The maximum atomic E-state index is 11.6. The maximum absolute atomic E-state index is 11.6. The molecule has 0 aromatic carbocycles. The third-order valence-electron chi connectivity index (χ3n) is 2.28. The van der Waals surface area contributed by atoms with E-state index in [-0.39, 0.29) is 17.0 Å². The number of hydrogen-bond donors (Lipinski definition) is 1. The summed E-state index contributed by atoms with van der Waals surface area (Å²) < 4.78 is 23.3. The molecule has 4 heteroatoms. The summed E-state index contributed by atoms with van der Waals surface area (Å²) in [5.74, 6) is 0.233. The van der Waals surface area contributed by atoms with Crippen molar-refractivity contribution in [3.8, 4) is 0 Å². The van der Waals surface area contributed by atoms with Crippen LogP contribution in [-0.4, -0.2) is 25.5 Å². The lowest BCUT2D eigenvalue weighted by atomic mass is 10.3. The molecular weight excluding hydrogens is 186 g/mol. The van der Waals surface area contributed by atoms with E-state index < -0.39 is 9.84 Å². The van der Waals surface area contributed by atoms with E-state index in [4.69, 9.17) is 5.73 Å². The molecule has 0 aromatic rings. The molecule has 3 nitrogen and oxygen atoms in total. The first-order chi connectivity index (χ1) is 5.94. The second-order valence-electron chi connectivity index (χ2n) is 3.57. The van der Waals surface area contributed by atoms with Crippen LogP contribution in [0.3, 0.4) is 0 Å². The lowest BCUT2D eigenvalue weighted by molar-refractivity contribution is 0.564. The average molecular weight is 207 g/mol. The second kappa shape index (κ2) is 5.60. The van der Waals surface area contributed by atoms with Gasteiger partial charge in [0.2, 0.25) is 0 Å². The fraction of sp³-hybridized carbons (Fsp3) is 1.00. The van der Waals surface area contributed by atoms with E-state index in [1.807, 2.05) is 20.8 Å². The molecule has 0 rings (SSSR count). The van der Waals surface area contributed by atoms with Gasteiger partial charge in [0.05, 0.1) is 11.0 Å². The molecule has 0 aliphatic heterocycles. The molecular formula is C9H21NO2S. The number of nitrogens with two attached hydrogens (primary N) is 1. The molecule has 0 aliphatic carbocycles. The normalized spacial score (nSPS) is 14.8. The van der Waals surface area contributed by atoms with Crippen LogP contribution in [0.5, 0.6) is 0 Å². The summed E-state index contributed by atoms with van der Waals surface area (Å²) in [4.78, 5) is 0. The van der Waals surface area contributed by atoms with Gasteiger partial charge in [-0.2, -0.15) is 0 Å². The van der Waals surface area contributed by atoms with Crippen LogP contribution in [0.4, 0.5) is 0 Å². The second-order valence-corrected chi connectivity index (χ2v) is 5.97. The van der Waals surface area contributed by atoms with Crippen molar-refractivity contribution in [3.63, 3.8) is 0 Å². The first-order valence-electron chi connectivity index (χ1n) is 4.91. The highest BCUT2D eigenvalue weighted by Crippen LogP contribution is 2.12. The van der Waals surface area contributed by atoms with E-state index in [0.717, 1.165) is 0 Å². The summed E-state index contributed by atoms with van der Waals surface area (Å²) in [7, 11) is -2.90. The molecule has 0 fully saturated rings. The average Bonchev–Trinajstić information content (AvgIpc) is 2.03. The zero-order chi connectivity index (χ0) is 10.5. The molecule has 0 amide bonds. The summed E-state index contributed by atoms with van der Waals surface area (Å²) in [5, 5.41) is -0.175. The lowest BCUT2D eigenvalue weighted by Gasteiger charge is -2.14. The van der Waals surface area contributed by atoms with Crippen LogP contribution in [-0.2, 0) is 9.84 Å². The van der Waals surface area contributed by atoms with Gasteiger partial charge >= 0.3 is 0 Å². The summed E-state index contributed by atoms with van der Waals surface area (Å²) in [6.07, 6.45) is 1.98. The van der Waals surface area contributed by atoms with Crippen molar-refractivity contribution in [2.75, 3.05) is 5.75 Å². The lowest BCUT2D eigenvalue weighted by Crippen LogP contribution is -2.27. The van der Waals surface area contributed by atoms with Crippen molar-refractivity contribution >= 4 is 9.84 Å². The van der Waals surface area contributed by atoms with Crippen LogP contribution in [0.25, 0.3) is 0 Å². The van der Waals surface area contributed by atoms with Crippen molar-refractivity contribution in [3.05, 3.63) is 0 Å². The van der Waals surface area contributed by atoms with Gasteiger partial charge in [0.15, 0.2) is 9.84 Å². The largest absolute Gasteiger partial charge is 0.328 e. The Labute approximate surface area is 81.6 Å². The van der Waals surface area contributed by atoms with Crippen LogP contribution in [0.1, 0.15) is 40.0 Å². The molecule has 0 aliphatic rings. The van der Waals surface area contributed by atoms with Crippen molar-refractivity contribution in [2.24, 2.45) is 5.73 Å². The van der Waals surface area contributed by atoms with E-state index >= 15 is 0 Å². The molecule has 0 spiro atoms. The van der Waals surface area contributed by atoms with Gasteiger partial charge in [-0.1, -0.05) is 13.8 Å². The third-order valence-corrected chi connectivity index (χ3v) is 4.76. The highest BCUT2D eigenvalue weighted by Gasteiger charge is 2.21. The Morgan fingerprint density at radius 1 is 1.23 bits per heavy atom. The molecule has 0 saturated heterocycles. The quantitative estimate of drug-likeness (QED) is 0.714. The zero-order valence-electron chi connectivity index (χ0n) is 8.79. The van der Waals surface area contributed by atoms with Crippen molar-refractivity contribution in [2.45, 2.75) is 51.3 Å².